The van der Waals surface area contributed by atoms with Gasteiger partial charge in [-0.1, -0.05) is 23.2 Å². The van der Waals surface area contributed by atoms with Crippen molar-refractivity contribution in [1.29, 1.82) is 0 Å². The maximum atomic E-state index is 13.3. The summed E-state index contributed by atoms with van der Waals surface area (Å²) in [6.07, 6.45) is -0.268. The fourth-order valence-electron chi connectivity index (χ4n) is 4.08. The number of amides is 3. The molecule has 0 spiro atoms. The number of ether oxygens (including phenoxy) is 1. The summed E-state index contributed by atoms with van der Waals surface area (Å²) in [6.45, 7) is 4.05. The van der Waals surface area contributed by atoms with Crippen molar-refractivity contribution in [2.45, 2.75) is 32.4 Å². The number of imidazole rings is 1. The Kier molecular flexibility index (Phi) is 7.99. The highest BCUT2D eigenvalue weighted by atomic mass is 35.5. The first kappa shape index (κ1) is 26.4. The van der Waals surface area contributed by atoms with E-state index >= 15 is 0 Å². The van der Waals surface area contributed by atoms with Gasteiger partial charge in [-0.05, 0) is 50.2 Å². The highest BCUT2D eigenvalue weighted by Gasteiger charge is 2.36. The quantitative estimate of drug-likeness (QED) is 0.390. The van der Waals surface area contributed by atoms with Crippen molar-refractivity contribution in [3.05, 3.63) is 63.4 Å². The fraction of sp³-hybridized carbons (Fsp3) is 0.320. The second-order valence-electron chi connectivity index (χ2n) is 8.49. The third-order valence-electron chi connectivity index (χ3n) is 5.94. The number of H-pyrrole nitrogens is 1. The summed E-state index contributed by atoms with van der Waals surface area (Å²) in [4.78, 5) is 59.4. The first-order chi connectivity index (χ1) is 17.7. The van der Waals surface area contributed by atoms with Gasteiger partial charge in [-0.2, -0.15) is 0 Å². The largest absolute Gasteiger partial charge is 0.466 e. The molecule has 0 bridgehead atoms. The molecule has 37 heavy (non-hydrogen) atoms. The Morgan fingerprint density at radius 1 is 1.22 bits per heavy atom. The second-order valence-corrected chi connectivity index (χ2v) is 9.33. The minimum Gasteiger partial charge on any atom is -0.466 e. The average molecular weight is 546 g/mol. The van der Waals surface area contributed by atoms with E-state index in [-0.39, 0.29) is 42.3 Å². The molecule has 1 saturated heterocycles. The number of piperazine rings is 1. The fourth-order valence-corrected chi connectivity index (χ4v) is 4.51. The molecule has 0 aliphatic carbocycles. The van der Waals surface area contributed by atoms with E-state index in [9.17, 15) is 19.2 Å². The molecular formula is C25H25Cl2N5O5. The summed E-state index contributed by atoms with van der Waals surface area (Å²) in [6, 6.07) is 8.10. The SMILES string of the molecule is CCOC(=O)CC1C(=O)NCCN1C(=O)c1ccc(C(=O)NC(C)c2nc3ccc(Cl)cc3[nH]2)cc1Cl. The molecule has 2 heterocycles. The molecule has 1 aliphatic rings. The first-order valence-corrected chi connectivity index (χ1v) is 12.4. The van der Waals surface area contributed by atoms with Crippen LogP contribution in [0.5, 0.6) is 0 Å². The van der Waals surface area contributed by atoms with Crippen molar-refractivity contribution < 1.29 is 23.9 Å². The third-order valence-corrected chi connectivity index (χ3v) is 6.49. The van der Waals surface area contributed by atoms with Crippen LogP contribution >= 0.6 is 23.2 Å². The summed E-state index contributed by atoms with van der Waals surface area (Å²) < 4.78 is 4.94. The van der Waals surface area contributed by atoms with Crippen LogP contribution in [0.4, 0.5) is 0 Å². The standard InChI is InChI=1S/C25H25Cl2N5O5/c1-3-37-21(33)12-20-24(35)28-8-9-32(20)25(36)16-6-4-14(10-17(16)27)23(34)29-13(2)22-30-18-7-5-15(26)11-19(18)31-22/h4-7,10-11,13,20H,3,8-9,12H2,1-2H3,(H,28,35)(H,29,34)(H,30,31). The van der Waals surface area contributed by atoms with Gasteiger partial charge in [0.2, 0.25) is 5.91 Å². The molecule has 1 fully saturated rings. The number of halogens is 2. The molecule has 1 aliphatic heterocycles. The first-order valence-electron chi connectivity index (χ1n) is 11.7. The summed E-state index contributed by atoms with van der Waals surface area (Å²) in [5.74, 6) is -1.40. The lowest BCUT2D eigenvalue weighted by atomic mass is 10.0. The smallest absolute Gasteiger partial charge is 0.308 e. The van der Waals surface area contributed by atoms with E-state index in [4.69, 9.17) is 27.9 Å². The van der Waals surface area contributed by atoms with Gasteiger partial charge in [0, 0.05) is 23.7 Å². The van der Waals surface area contributed by atoms with Gasteiger partial charge >= 0.3 is 5.97 Å². The zero-order valence-electron chi connectivity index (χ0n) is 20.1. The van der Waals surface area contributed by atoms with Gasteiger partial charge in [0.25, 0.3) is 11.8 Å². The van der Waals surface area contributed by atoms with E-state index in [0.717, 1.165) is 11.0 Å². The summed E-state index contributed by atoms with van der Waals surface area (Å²) in [7, 11) is 0. The Morgan fingerprint density at radius 2 is 2.00 bits per heavy atom. The van der Waals surface area contributed by atoms with Crippen LogP contribution in [0.15, 0.2) is 36.4 Å². The molecule has 3 amide bonds. The number of rotatable bonds is 7. The van der Waals surface area contributed by atoms with Crippen molar-refractivity contribution in [3.63, 3.8) is 0 Å². The molecular weight excluding hydrogens is 521 g/mol. The average Bonchev–Trinajstić information content (AvgIpc) is 3.28. The van der Waals surface area contributed by atoms with Crippen LogP contribution in [-0.4, -0.2) is 64.3 Å². The summed E-state index contributed by atoms with van der Waals surface area (Å²) in [5, 5.41) is 6.12. The van der Waals surface area contributed by atoms with E-state index in [1.54, 1.807) is 32.0 Å². The van der Waals surface area contributed by atoms with Crippen molar-refractivity contribution in [1.82, 2.24) is 25.5 Å². The minimum absolute atomic E-state index is 0.0459. The number of fused-ring (bicyclic) bond motifs is 1. The lowest BCUT2D eigenvalue weighted by Gasteiger charge is -2.34. The Morgan fingerprint density at radius 3 is 2.73 bits per heavy atom. The topological polar surface area (TPSA) is 133 Å². The lowest BCUT2D eigenvalue weighted by molar-refractivity contribution is -0.147. The molecule has 0 radical (unpaired) electrons. The summed E-state index contributed by atoms with van der Waals surface area (Å²) in [5.41, 5.74) is 1.83. The van der Waals surface area contributed by atoms with Crippen molar-refractivity contribution >= 4 is 57.9 Å². The van der Waals surface area contributed by atoms with Crippen LogP contribution in [0.2, 0.25) is 10.0 Å². The van der Waals surface area contributed by atoms with Crippen molar-refractivity contribution in [2.75, 3.05) is 19.7 Å². The van der Waals surface area contributed by atoms with Crippen LogP contribution in [0.1, 0.15) is 52.9 Å². The molecule has 2 atom stereocenters. The molecule has 2 aromatic carbocycles. The van der Waals surface area contributed by atoms with Gasteiger partial charge in [0.15, 0.2) is 0 Å². The van der Waals surface area contributed by atoms with Gasteiger partial charge in [0.05, 0.1) is 40.7 Å². The number of esters is 1. The van der Waals surface area contributed by atoms with Crippen LogP contribution in [0.3, 0.4) is 0 Å². The number of hydrogen-bond acceptors (Lipinski definition) is 6. The number of nitrogens with zero attached hydrogens (tertiary/aromatic N) is 2. The van der Waals surface area contributed by atoms with Gasteiger partial charge in [0.1, 0.15) is 11.9 Å². The number of nitrogens with one attached hydrogen (secondary N) is 3. The number of aromatic nitrogens is 2. The highest BCUT2D eigenvalue weighted by molar-refractivity contribution is 6.34. The van der Waals surface area contributed by atoms with Crippen molar-refractivity contribution in [3.8, 4) is 0 Å². The van der Waals surface area contributed by atoms with E-state index in [1.807, 2.05) is 0 Å². The van der Waals surface area contributed by atoms with Crippen LogP contribution in [-0.2, 0) is 14.3 Å². The number of carbonyl (C=O) groups excluding carboxylic acids is 4. The molecule has 10 nitrogen and oxygen atoms in total. The molecule has 2 unspecified atom stereocenters. The van der Waals surface area contributed by atoms with Gasteiger partial charge in [-0.3, -0.25) is 19.2 Å². The van der Waals surface area contributed by atoms with Crippen LogP contribution in [0.25, 0.3) is 11.0 Å². The zero-order chi connectivity index (χ0) is 26.7. The second kappa shape index (κ2) is 11.2. The molecule has 1 aromatic heterocycles. The summed E-state index contributed by atoms with van der Waals surface area (Å²) >= 11 is 12.4. The lowest BCUT2D eigenvalue weighted by Crippen LogP contribution is -2.57. The molecule has 194 valence electrons. The Balaban J connectivity index is 1.48. The van der Waals surface area contributed by atoms with E-state index in [1.165, 1.54) is 23.1 Å². The number of aromatic amines is 1. The molecule has 3 N–H and O–H groups in total. The molecule has 3 aromatic rings. The third kappa shape index (κ3) is 5.86. The number of benzene rings is 2. The molecule has 12 heteroatoms. The number of hydrogen-bond donors (Lipinski definition) is 3. The normalized spacial score (nSPS) is 16.3. The van der Waals surface area contributed by atoms with Gasteiger partial charge < -0.3 is 25.3 Å². The zero-order valence-corrected chi connectivity index (χ0v) is 21.7. The van der Waals surface area contributed by atoms with Gasteiger partial charge in [-0.25, -0.2) is 4.98 Å². The number of carbonyl (C=O) groups is 4. The predicted molar refractivity (Wildman–Crippen MR) is 138 cm³/mol. The maximum absolute atomic E-state index is 13.3. The van der Waals surface area contributed by atoms with Gasteiger partial charge in [-0.15, -0.1) is 0 Å². The monoisotopic (exact) mass is 545 g/mol. The van der Waals surface area contributed by atoms with E-state index < -0.39 is 35.8 Å². The Labute approximate surface area is 222 Å². The highest BCUT2D eigenvalue weighted by Crippen LogP contribution is 2.24. The van der Waals surface area contributed by atoms with Crippen LogP contribution in [0, 0.1) is 0 Å². The van der Waals surface area contributed by atoms with Crippen LogP contribution < -0.4 is 10.6 Å². The Bertz CT molecular complexity index is 1370. The Hall–Kier alpha value is -3.63. The van der Waals surface area contributed by atoms with Crippen molar-refractivity contribution in [2.24, 2.45) is 0 Å². The van der Waals surface area contributed by atoms with E-state index in [2.05, 4.69) is 20.6 Å². The molecule has 0 saturated carbocycles. The minimum atomic E-state index is -1.01. The predicted octanol–water partition coefficient (Wildman–Crippen LogP) is 3.25. The maximum Gasteiger partial charge on any atom is 0.308 e. The van der Waals surface area contributed by atoms with E-state index in [0.29, 0.717) is 10.8 Å². The molecule has 4 rings (SSSR count).